The molecule has 26 heavy (non-hydrogen) atoms. The zero-order chi connectivity index (χ0) is 18.8. The van der Waals surface area contributed by atoms with E-state index in [9.17, 15) is 18.8 Å². The Labute approximate surface area is 148 Å². The number of benzene rings is 1. The van der Waals surface area contributed by atoms with Gasteiger partial charge in [-0.1, -0.05) is 6.07 Å². The van der Waals surface area contributed by atoms with Crippen molar-refractivity contribution >= 4 is 35.6 Å². The molecule has 1 fully saturated rings. The molecule has 1 saturated heterocycles. The summed E-state index contributed by atoms with van der Waals surface area (Å²) in [6.07, 6.45) is 4.16. The number of nitrogens with zero attached hydrogens (tertiary/aromatic N) is 4. The van der Waals surface area contributed by atoms with Gasteiger partial charge in [-0.25, -0.2) is 24.1 Å². The number of carbonyl (C=O) groups excluding carboxylic acids is 3. The average Bonchev–Trinajstić information content (AvgIpc) is 2.59. The van der Waals surface area contributed by atoms with E-state index in [1.165, 1.54) is 36.7 Å². The van der Waals surface area contributed by atoms with Crippen LogP contribution in [0, 0.1) is 5.82 Å². The third-order valence-electron chi connectivity index (χ3n) is 3.54. The van der Waals surface area contributed by atoms with Gasteiger partial charge in [0.2, 0.25) is 5.95 Å². The molecule has 1 aliphatic rings. The first-order valence-electron chi connectivity index (χ1n) is 7.53. The highest BCUT2D eigenvalue weighted by Crippen LogP contribution is 2.22. The summed E-state index contributed by atoms with van der Waals surface area (Å²) in [6.45, 7) is 0. The molecule has 0 saturated carbocycles. The molecule has 4 amide bonds. The van der Waals surface area contributed by atoms with Gasteiger partial charge in [-0.2, -0.15) is 0 Å². The number of rotatable bonds is 3. The van der Waals surface area contributed by atoms with E-state index in [2.05, 4.69) is 15.3 Å². The number of aromatic nitrogens is 2. The summed E-state index contributed by atoms with van der Waals surface area (Å²) in [4.78, 5) is 47.3. The van der Waals surface area contributed by atoms with E-state index < -0.39 is 23.7 Å². The quantitative estimate of drug-likeness (QED) is 0.660. The molecule has 8 nitrogen and oxygen atoms in total. The molecule has 2 aromatic rings. The molecule has 2 heterocycles. The van der Waals surface area contributed by atoms with Crippen molar-refractivity contribution in [3.8, 4) is 0 Å². The number of urea groups is 1. The van der Waals surface area contributed by atoms with Crippen LogP contribution in [-0.4, -0.2) is 41.9 Å². The Morgan fingerprint density at radius 1 is 1.15 bits per heavy atom. The Hall–Kier alpha value is -3.62. The SMILES string of the molecule is CN(C)c1ncc(/C=C2\C(=O)NC(=O)N(c3cccc(F)c3)C2=O)cn1. The Morgan fingerprint density at radius 2 is 1.85 bits per heavy atom. The number of barbiturate groups is 1. The van der Waals surface area contributed by atoms with Crippen molar-refractivity contribution in [1.29, 1.82) is 0 Å². The molecule has 3 rings (SSSR count). The third kappa shape index (κ3) is 3.27. The van der Waals surface area contributed by atoms with Crippen LogP contribution in [0.25, 0.3) is 6.08 Å². The standard InChI is InChI=1S/C17H14FN5O3/c1-22(2)16-19-8-10(9-20-16)6-13-14(24)21-17(26)23(15(13)25)12-5-3-4-11(18)7-12/h3-9H,1-2H3,(H,21,24,26)/b13-6+. The van der Waals surface area contributed by atoms with Crippen LogP contribution in [0.15, 0.2) is 42.2 Å². The van der Waals surface area contributed by atoms with Crippen LogP contribution in [0.5, 0.6) is 0 Å². The van der Waals surface area contributed by atoms with Crippen molar-refractivity contribution in [3.05, 3.63) is 53.6 Å². The summed E-state index contributed by atoms with van der Waals surface area (Å²) in [5.74, 6) is -1.85. The molecule has 0 radical (unpaired) electrons. The van der Waals surface area contributed by atoms with Crippen LogP contribution in [-0.2, 0) is 9.59 Å². The predicted octanol–water partition coefficient (Wildman–Crippen LogP) is 1.35. The highest BCUT2D eigenvalue weighted by Gasteiger charge is 2.36. The van der Waals surface area contributed by atoms with Crippen molar-refractivity contribution in [2.45, 2.75) is 0 Å². The average molecular weight is 355 g/mol. The number of imide groups is 2. The first-order chi connectivity index (χ1) is 12.4. The fraction of sp³-hybridized carbons (Fsp3) is 0.118. The van der Waals surface area contributed by atoms with Crippen LogP contribution in [0.3, 0.4) is 0 Å². The lowest BCUT2D eigenvalue weighted by Gasteiger charge is -2.26. The molecular weight excluding hydrogens is 341 g/mol. The molecule has 1 aromatic carbocycles. The minimum atomic E-state index is -0.943. The largest absolute Gasteiger partial charge is 0.347 e. The van der Waals surface area contributed by atoms with Gasteiger partial charge in [0.05, 0.1) is 5.69 Å². The number of halogens is 1. The van der Waals surface area contributed by atoms with Crippen LogP contribution in [0.4, 0.5) is 20.8 Å². The second kappa shape index (κ2) is 6.71. The Kier molecular flexibility index (Phi) is 4.44. The normalized spacial score (nSPS) is 16.0. The van der Waals surface area contributed by atoms with Gasteiger partial charge in [-0.15, -0.1) is 0 Å². The summed E-state index contributed by atoms with van der Waals surface area (Å²) in [5.41, 5.74) is 0.141. The Morgan fingerprint density at radius 3 is 2.46 bits per heavy atom. The number of anilines is 2. The number of hydrogen-bond acceptors (Lipinski definition) is 6. The van der Waals surface area contributed by atoms with E-state index in [-0.39, 0.29) is 11.3 Å². The summed E-state index contributed by atoms with van der Waals surface area (Å²) in [6, 6.07) is 4.02. The van der Waals surface area contributed by atoms with Crippen LogP contribution in [0.1, 0.15) is 5.56 Å². The molecule has 1 N–H and O–H groups in total. The molecule has 1 aromatic heterocycles. The molecule has 0 bridgehead atoms. The third-order valence-corrected chi connectivity index (χ3v) is 3.54. The first kappa shape index (κ1) is 17.2. The molecule has 132 valence electrons. The van der Waals surface area contributed by atoms with Gasteiger partial charge in [0, 0.05) is 32.1 Å². The number of amides is 4. The molecular formula is C17H14FN5O3. The van der Waals surface area contributed by atoms with E-state index in [0.717, 1.165) is 6.07 Å². The van der Waals surface area contributed by atoms with Crippen molar-refractivity contribution < 1.29 is 18.8 Å². The van der Waals surface area contributed by atoms with Gasteiger partial charge >= 0.3 is 6.03 Å². The smallest absolute Gasteiger partial charge is 0.335 e. The fourth-order valence-corrected chi connectivity index (χ4v) is 2.31. The monoisotopic (exact) mass is 355 g/mol. The zero-order valence-corrected chi connectivity index (χ0v) is 13.9. The Bertz CT molecular complexity index is 924. The lowest BCUT2D eigenvalue weighted by atomic mass is 10.1. The molecule has 1 aliphatic heterocycles. The lowest BCUT2D eigenvalue weighted by Crippen LogP contribution is -2.54. The van der Waals surface area contributed by atoms with Crippen LogP contribution >= 0.6 is 0 Å². The predicted molar refractivity (Wildman–Crippen MR) is 91.8 cm³/mol. The van der Waals surface area contributed by atoms with E-state index in [4.69, 9.17) is 0 Å². The maximum Gasteiger partial charge on any atom is 0.335 e. The highest BCUT2D eigenvalue weighted by atomic mass is 19.1. The molecule has 0 spiro atoms. The van der Waals surface area contributed by atoms with Gasteiger partial charge in [-0.3, -0.25) is 14.9 Å². The van der Waals surface area contributed by atoms with Gasteiger partial charge < -0.3 is 4.90 Å². The highest BCUT2D eigenvalue weighted by molar-refractivity contribution is 6.39. The molecule has 0 unspecified atom stereocenters. The fourth-order valence-electron chi connectivity index (χ4n) is 2.31. The van der Waals surface area contributed by atoms with E-state index in [1.54, 1.807) is 19.0 Å². The van der Waals surface area contributed by atoms with Crippen molar-refractivity contribution in [1.82, 2.24) is 15.3 Å². The summed E-state index contributed by atoms with van der Waals surface area (Å²) in [5, 5.41) is 2.07. The lowest BCUT2D eigenvalue weighted by molar-refractivity contribution is -0.122. The summed E-state index contributed by atoms with van der Waals surface area (Å²) < 4.78 is 13.4. The summed E-state index contributed by atoms with van der Waals surface area (Å²) >= 11 is 0. The van der Waals surface area contributed by atoms with Gasteiger partial charge in [-0.05, 0) is 24.3 Å². The zero-order valence-electron chi connectivity index (χ0n) is 13.9. The van der Waals surface area contributed by atoms with Gasteiger partial charge in [0.1, 0.15) is 11.4 Å². The van der Waals surface area contributed by atoms with Crippen molar-refractivity contribution in [2.75, 3.05) is 23.9 Å². The number of nitrogens with one attached hydrogen (secondary N) is 1. The number of hydrogen-bond donors (Lipinski definition) is 1. The van der Waals surface area contributed by atoms with E-state index in [1.807, 2.05) is 0 Å². The maximum atomic E-state index is 13.4. The van der Waals surface area contributed by atoms with Crippen LogP contribution < -0.4 is 15.1 Å². The van der Waals surface area contributed by atoms with Crippen LogP contribution in [0.2, 0.25) is 0 Å². The Balaban J connectivity index is 1.97. The second-order valence-electron chi connectivity index (χ2n) is 5.65. The molecule has 0 aliphatic carbocycles. The minimum Gasteiger partial charge on any atom is -0.347 e. The molecule has 9 heteroatoms. The second-order valence-corrected chi connectivity index (χ2v) is 5.65. The topological polar surface area (TPSA) is 95.5 Å². The van der Waals surface area contributed by atoms with E-state index >= 15 is 0 Å². The van der Waals surface area contributed by atoms with E-state index in [0.29, 0.717) is 16.4 Å². The molecule has 0 atom stereocenters. The van der Waals surface area contributed by atoms with Gasteiger partial charge in [0.15, 0.2) is 0 Å². The maximum absolute atomic E-state index is 13.4. The first-order valence-corrected chi connectivity index (χ1v) is 7.53. The van der Waals surface area contributed by atoms with Crippen molar-refractivity contribution in [3.63, 3.8) is 0 Å². The van der Waals surface area contributed by atoms with Gasteiger partial charge in [0.25, 0.3) is 11.8 Å². The summed E-state index contributed by atoms with van der Waals surface area (Å²) in [7, 11) is 3.54. The van der Waals surface area contributed by atoms with Crippen molar-refractivity contribution in [2.24, 2.45) is 0 Å². The number of carbonyl (C=O) groups is 3. The minimum absolute atomic E-state index is 0.0186.